The maximum absolute atomic E-state index is 13.2. The van der Waals surface area contributed by atoms with E-state index in [9.17, 15) is 35.4 Å². The van der Waals surface area contributed by atoms with Gasteiger partial charge >= 0.3 is 0 Å². The van der Waals surface area contributed by atoms with Crippen LogP contribution in [0.5, 0.6) is 0 Å². The number of hydrogen-bond donors (Lipinski definition) is 14. The summed E-state index contributed by atoms with van der Waals surface area (Å²) >= 11 is 0. The Hall–Kier alpha value is -1.82. The van der Waals surface area contributed by atoms with Crippen LogP contribution in [0.4, 0.5) is 0 Å². The van der Waals surface area contributed by atoms with Crippen molar-refractivity contribution in [2.75, 3.05) is 26.3 Å². The molecule has 4 aliphatic rings. The first kappa shape index (κ1) is 36.0. The van der Waals surface area contributed by atoms with Crippen LogP contribution >= 0.6 is 0 Å². The molecule has 0 aromatic rings. The molecule has 260 valence electrons. The Kier molecular flexibility index (Phi) is 12.0. The first-order valence-corrected chi connectivity index (χ1v) is 15.3. The Morgan fingerprint density at radius 3 is 2.40 bits per heavy atom. The van der Waals surface area contributed by atoms with E-state index in [1.54, 1.807) is 0 Å². The SMILES string of the molecule is NC(N)=NC1CC1(O)C(=O)NC1CC(N)C(C2OC(CNCC(N)CO)CCC2N)C(O)C1OC1OC(CO)C(O)C(N)C1O. The molecule has 0 radical (unpaired) electrons. The van der Waals surface area contributed by atoms with E-state index >= 15 is 0 Å². The van der Waals surface area contributed by atoms with E-state index in [4.69, 9.17) is 48.6 Å². The molecule has 19 heteroatoms. The zero-order valence-electron chi connectivity index (χ0n) is 25.0. The van der Waals surface area contributed by atoms with Crippen LogP contribution in [0.3, 0.4) is 0 Å². The first-order chi connectivity index (χ1) is 21.2. The molecule has 0 aromatic carbocycles. The molecule has 45 heavy (non-hydrogen) atoms. The predicted molar refractivity (Wildman–Crippen MR) is 158 cm³/mol. The Morgan fingerprint density at radius 1 is 1.04 bits per heavy atom. The van der Waals surface area contributed by atoms with Gasteiger partial charge in [-0.25, -0.2) is 4.99 Å². The summed E-state index contributed by atoms with van der Waals surface area (Å²) < 4.78 is 18.0. The third-order valence-corrected chi connectivity index (χ3v) is 9.27. The summed E-state index contributed by atoms with van der Waals surface area (Å²) in [7, 11) is 0. The highest BCUT2D eigenvalue weighted by atomic mass is 16.7. The molecular weight excluding hydrogens is 598 g/mol. The molecule has 2 aliphatic heterocycles. The Bertz CT molecular complexity index is 1030. The second-order valence-electron chi connectivity index (χ2n) is 12.7. The van der Waals surface area contributed by atoms with Crippen molar-refractivity contribution in [1.29, 1.82) is 0 Å². The molecule has 2 aliphatic carbocycles. The summed E-state index contributed by atoms with van der Waals surface area (Å²) in [4.78, 5) is 17.1. The van der Waals surface area contributed by atoms with Crippen molar-refractivity contribution in [3.05, 3.63) is 0 Å². The van der Waals surface area contributed by atoms with E-state index in [2.05, 4.69) is 15.6 Å². The maximum Gasteiger partial charge on any atom is 0.254 e. The van der Waals surface area contributed by atoms with E-state index in [-0.39, 0.29) is 31.5 Å². The second-order valence-corrected chi connectivity index (χ2v) is 12.7. The lowest BCUT2D eigenvalue weighted by molar-refractivity contribution is -0.306. The van der Waals surface area contributed by atoms with Crippen LogP contribution in [0.2, 0.25) is 0 Å². The van der Waals surface area contributed by atoms with Gasteiger partial charge in [0.15, 0.2) is 17.9 Å². The highest BCUT2D eigenvalue weighted by Crippen LogP contribution is 2.41. The number of carbonyl (C=O) groups excluding carboxylic acids is 1. The van der Waals surface area contributed by atoms with Crippen molar-refractivity contribution < 1.29 is 49.6 Å². The van der Waals surface area contributed by atoms with Crippen molar-refractivity contribution in [2.45, 2.75) is 117 Å². The van der Waals surface area contributed by atoms with Crippen LogP contribution in [-0.4, -0.2) is 160 Å². The molecule has 20 N–H and O–H groups in total. The minimum atomic E-state index is -1.90. The van der Waals surface area contributed by atoms with E-state index in [0.717, 1.165) is 0 Å². The molecule has 2 saturated carbocycles. The van der Waals surface area contributed by atoms with Crippen molar-refractivity contribution in [3.63, 3.8) is 0 Å². The van der Waals surface area contributed by atoms with Gasteiger partial charge in [0.2, 0.25) is 0 Å². The van der Waals surface area contributed by atoms with E-state index in [1.165, 1.54) is 0 Å². The largest absolute Gasteiger partial charge is 0.395 e. The number of ether oxygens (including phenoxy) is 3. The Balaban J connectivity index is 1.55. The van der Waals surface area contributed by atoms with Gasteiger partial charge in [-0.3, -0.25) is 4.79 Å². The Morgan fingerprint density at radius 2 is 1.76 bits per heavy atom. The third kappa shape index (κ3) is 8.01. The summed E-state index contributed by atoms with van der Waals surface area (Å²) in [6.45, 7) is -0.0381. The lowest BCUT2D eigenvalue weighted by atomic mass is 9.72. The molecule has 16 unspecified atom stereocenters. The summed E-state index contributed by atoms with van der Waals surface area (Å²) in [5, 5.41) is 68.4. The number of carbonyl (C=O) groups is 1. The van der Waals surface area contributed by atoms with Gasteiger partial charge in [-0.15, -0.1) is 0 Å². The maximum atomic E-state index is 13.2. The standard InChI is InChI=1S/C26H51N9O10/c27-9(7-36)5-33-6-10-1-2-11(28)21(43-10)16-12(29)3-13(34-24(41)26(42)4-15(26)35-25(31)32)22(19(16)39)45-23-20(40)17(30)18(38)14(8-37)44-23/h9-23,33,36-40,42H,1-8,27-30H2,(H,34,41)(H4,31,32,35). The van der Waals surface area contributed by atoms with E-state index in [0.29, 0.717) is 25.9 Å². The molecule has 0 aromatic heterocycles. The number of aliphatic hydroxyl groups excluding tert-OH is 5. The summed E-state index contributed by atoms with van der Waals surface area (Å²) in [6, 6.07) is -4.87. The van der Waals surface area contributed by atoms with Crippen LogP contribution in [-0.2, 0) is 19.0 Å². The zero-order valence-corrected chi connectivity index (χ0v) is 25.0. The molecule has 19 nitrogen and oxygen atoms in total. The summed E-state index contributed by atoms with van der Waals surface area (Å²) in [5.41, 5.74) is 33.7. The van der Waals surface area contributed by atoms with Gasteiger partial charge in [-0.2, -0.15) is 0 Å². The second kappa shape index (κ2) is 14.9. The number of hydrogen-bond acceptors (Lipinski definition) is 16. The minimum Gasteiger partial charge on any atom is -0.395 e. The predicted octanol–water partition coefficient (Wildman–Crippen LogP) is -8.11. The van der Waals surface area contributed by atoms with Crippen LogP contribution in [0, 0.1) is 5.92 Å². The van der Waals surface area contributed by atoms with Gasteiger partial charge < -0.3 is 89.9 Å². The van der Waals surface area contributed by atoms with Gasteiger partial charge in [0.1, 0.15) is 24.4 Å². The molecule has 4 rings (SSSR count). The average molecular weight is 650 g/mol. The summed E-state index contributed by atoms with van der Waals surface area (Å²) in [6.07, 6.45) is -8.33. The molecule has 0 spiro atoms. The third-order valence-electron chi connectivity index (χ3n) is 9.27. The smallest absolute Gasteiger partial charge is 0.254 e. The number of aliphatic imine (C=N–C) groups is 1. The van der Waals surface area contributed by atoms with Crippen molar-refractivity contribution in [3.8, 4) is 0 Å². The highest BCUT2D eigenvalue weighted by molar-refractivity contribution is 5.90. The van der Waals surface area contributed by atoms with Crippen LogP contribution in [0.1, 0.15) is 25.7 Å². The van der Waals surface area contributed by atoms with Crippen LogP contribution in [0.25, 0.3) is 0 Å². The fourth-order valence-corrected chi connectivity index (χ4v) is 6.49. The number of amides is 1. The number of nitrogens with one attached hydrogen (secondary N) is 2. The van der Waals surface area contributed by atoms with E-state index < -0.39 is 103 Å². The fourth-order valence-electron chi connectivity index (χ4n) is 6.49. The number of nitrogens with zero attached hydrogens (tertiary/aromatic N) is 1. The minimum absolute atomic E-state index is 0.0307. The van der Waals surface area contributed by atoms with Crippen LogP contribution in [0.15, 0.2) is 4.99 Å². The summed E-state index contributed by atoms with van der Waals surface area (Å²) in [5.74, 6) is -1.93. The molecule has 0 bridgehead atoms. The number of nitrogens with two attached hydrogens (primary N) is 6. The van der Waals surface area contributed by atoms with E-state index in [1.807, 2.05) is 0 Å². The molecular formula is C26H51N9O10. The highest BCUT2D eigenvalue weighted by Gasteiger charge is 2.61. The first-order valence-electron chi connectivity index (χ1n) is 15.3. The molecule has 4 fully saturated rings. The average Bonchev–Trinajstić information content (AvgIpc) is 3.65. The van der Waals surface area contributed by atoms with Gasteiger partial charge in [-0.1, -0.05) is 0 Å². The molecule has 1 amide bonds. The number of rotatable bonds is 12. The quantitative estimate of drug-likeness (QED) is 0.0689. The molecule has 2 heterocycles. The topological polar surface area (TPSA) is 359 Å². The van der Waals surface area contributed by atoms with Crippen molar-refractivity contribution >= 4 is 11.9 Å². The molecule has 16 atom stereocenters. The van der Waals surface area contributed by atoms with Crippen molar-refractivity contribution in [2.24, 2.45) is 45.3 Å². The fraction of sp³-hybridized carbons (Fsp3) is 0.923. The van der Waals surface area contributed by atoms with Crippen LogP contribution < -0.4 is 45.0 Å². The lowest BCUT2D eigenvalue weighted by Crippen LogP contribution is -2.69. The van der Waals surface area contributed by atoms with Gasteiger partial charge in [0, 0.05) is 43.6 Å². The van der Waals surface area contributed by atoms with Crippen molar-refractivity contribution in [1.82, 2.24) is 10.6 Å². The number of guanidine groups is 1. The van der Waals surface area contributed by atoms with Gasteiger partial charge in [-0.05, 0) is 19.3 Å². The zero-order chi connectivity index (χ0) is 33.2. The van der Waals surface area contributed by atoms with Gasteiger partial charge in [0.25, 0.3) is 5.91 Å². The van der Waals surface area contributed by atoms with Gasteiger partial charge in [0.05, 0.1) is 49.7 Å². The lowest BCUT2D eigenvalue weighted by Gasteiger charge is -2.51. The Labute approximate surface area is 260 Å². The monoisotopic (exact) mass is 649 g/mol. The normalized spacial score (nSPS) is 45.8. The number of aliphatic hydroxyl groups is 6. The molecule has 2 saturated heterocycles.